The summed E-state index contributed by atoms with van der Waals surface area (Å²) in [5.74, 6) is 1.02. The number of hydrogen-bond acceptors (Lipinski definition) is 1. The lowest BCUT2D eigenvalue weighted by Crippen LogP contribution is -1.79. The van der Waals surface area contributed by atoms with Crippen molar-refractivity contribution in [2.45, 2.75) is 13.3 Å². The van der Waals surface area contributed by atoms with Crippen LogP contribution < -0.4 is 0 Å². The predicted molar refractivity (Wildman–Crippen MR) is 35.7 cm³/mol. The van der Waals surface area contributed by atoms with Crippen molar-refractivity contribution >= 4 is 15.9 Å². The Morgan fingerprint density at radius 2 is 2.62 bits per heavy atom. The molecule has 0 fully saturated rings. The molecule has 0 amide bonds. The Balaban J connectivity index is 2.84. The lowest BCUT2D eigenvalue weighted by atomic mass is 10.5. The van der Waals surface area contributed by atoms with Gasteiger partial charge in [-0.25, -0.2) is 4.98 Å². The standard InChI is InChI=1S/C5H7BrN2/c1-2-5-7-3-4(6)8-5/h3H,2H2,1H3,(H,7,8). The highest BCUT2D eigenvalue weighted by Crippen LogP contribution is 2.04. The summed E-state index contributed by atoms with van der Waals surface area (Å²) in [5, 5.41) is 0. The molecule has 44 valence electrons. The minimum Gasteiger partial charge on any atom is -0.337 e. The topological polar surface area (TPSA) is 28.7 Å². The van der Waals surface area contributed by atoms with Gasteiger partial charge in [0.2, 0.25) is 0 Å². The van der Waals surface area contributed by atoms with Crippen molar-refractivity contribution in [2.75, 3.05) is 0 Å². The minimum atomic E-state index is 0.953. The van der Waals surface area contributed by atoms with Crippen molar-refractivity contribution in [3.63, 3.8) is 0 Å². The number of rotatable bonds is 1. The highest BCUT2D eigenvalue weighted by Gasteiger charge is 1.90. The number of H-pyrrole nitrogens is 1. The molecule has 1 aromatic rings. The Kier molecular flexibility index (Phi) is 1.68. The number of hydrogen-bond donors (Lipinski definition) is 1. The number of imidazole rings is 1. The minimum absolute atomic E-state index is 0.953. The number of halogens is 1. The van der Waals surface area contributed by atoms with Gasteiger partial charge < -0.3 is 4.98 Å². The third kappa shape index (κ3) is 1.10. The van der Waals surface area contributed by atoms with Crippen LogP contribution in [0, 0.1) is 0 Å². The Hall–Kier alpha value is -0.310. The largest absolute Gasteiger partial charge is 0.337 e. The molecule has 1 rings (SSSR count). The molecule has 0 radical (unpaired) electrons. The summed E-state index contributed by atoms with van der Waals surface area (Å²) in [6.07, 6.45) is 2.73. The van der Waals surface area contributed by atoms with E-state index in [0.717, 1.165) is 16.8 Å². The molecule has 3 heteroatoms. The molecule has 0 aliphatic heterocycles. The summed E-state index contributed by atoms with van der Waals surface area (Å²) in [5.41, 5.74) is 0. The van der Waals surface area contributed by atoms with E-state index in [2.05, 4.69) is 32.8 Å². The number of nitrogens with one attached hydrogen (secondary N) is 1. The van der Waals surface area contributed by atoms with Gasteiger partial charge in [-0.3, -0.25) is 0 Å². The van der Waals surface area contributed by atoms with Crippen LogP contribution in [0.3, 0.4) is 0 Å². The van der Waals surface area contributed by atoms with Gasteiger partial charge in [0, 0.05) is 6.42 Å². The molecule has 0 unspecified atom stereocenters. The number of aromatic nitrogens is 2. The van der Waals surface area contributed by atoms with Gasteiger partial charge in [0.05, 0.1) is 6.20 Å². The first-order valence-electron chi connectivity index (χ1n) is 2.52. The number of nitrogens with zero attached hydrogens (tertiary/aromatic N) is 1. The summed E-state index contributed by atoms with van der Waals surface area (Å²) in [4.78, 5) is 7.06. The summed E-state index contributed by atoms with van der Waals surface area (Å²) in [6.45, 7) is 2.06. The first-order chi connectivity index (χ1) is 3.83. The molecule has 0 aromatic carbocycles. The third-order valence-corrected chi connectivity index (χ3v) is 1.34. The molecule has 0 bridgehead atoms. The third-order valence-electron chi connectivity index (χ3n) is 0.932. The van der Waals surface area contributed by atoms with Gasteiger partial charge in [-0.05, 0) is 15.9 Å². The second kappa shape index (κ2) is 2.31. The molecule has 1 aromatic heterocycles. The van der Waals surface area contributed by atoms with E-state index in [-0.39, 0.29) is 0 Å². The summed E-state index contributed by atoms with van der Waals surface area (Å²) < 4.78 is 0.953. The lowest BCUT2D eigenvalue weighted by molar-refractivity contribution is 0.986. The first-order valence-corrected chi connectivity index (χ1v) is 3.31. The van der Waals surface area contributed by atoms with Crippen LogP contribution >= 0.6 is 15.9 Å². The van der Waals surface area contributed by atoms with Gasteiger partial charge in [-0.15, -0.1) is 0 Å². The number of aryl methyl sites for hydroxylation is 1. The molecule has 0 aliphatic rings. The van der Waals surface area contributed by atoms with Gasteiger partial charge >= 0.3 is 0 Å². The van der Waals surface area contributed by atoms with Gasteiger partial charge in [-0.2, -0.15) is 0 Å². The van der Waals surface area contributed by atoms with Crippen molar-refractivity contribution in [1.82, 2.24) is 9.97 Å². The first kappa shape index (κ1) is 5.82. The maximum Gasteiger partial charge on any atom is 0.106 e. The zero-order valence-corrected chi connectivity index (χ0v) is 6.20. The smallest absolute Gasteiger partial charge is 0.106 e. The van der Waals surface area contributed by atoms with Crippen LogP contribution in [0.5, 0.6) is 0 Å². The van der Waals surface area contributed by atoms with Crippen molar-refractivity contribution in [1.29, 1.82) is 0 Å². The lowest BCUT2D eigenvalue weighted by Gasteiger charge is -1.81. The average Bonchev–Trinajstić information content (AvgIpc) is 2.14. The Bertz CT molecular complexity index is 171. The zero-order chi connectivity index (χ0) is 5.98. The molecule has 0 spiro atoms. The highest BCUT2D eigenvalue weighted by molar-refractivity contribution is 9.10. The van der Waals surface area contributed by atoms with Crippen LogP contribution in [0.1, 0.15) is 12.7 Å². The molecule has 1 heterocycles. The van der Waals surface area contributed by atoms with Crippen LogP contribution in [0.4, 0.5) is 0 Å². The van der Waals surface area contributed by atoms with Crippen molar-refractivity contribution in [3.8, 4) is 0 Å². The SMILES string of the molecule is CCc1ncc(Br)[nH]1. The van der Waals surface area contributed by atoms with Crippen molar-refractivity contribution in [3.05, 3.63) is 16.6 Å². The maximum absolute atomic E-state index is 4.03. The van der Waals surface area contributed by atoms with E-state index in [0.29, 0.717) is 0 Å². The van der Waals surface area contributed by atoms with Crippen LogP contribution in [0.15, 0.2) is 10.8 Å². The summed E-state index contributed by atoms with van der Waals surface area (Å²) in [6, 6.07) is 0. The van der Waals surface area contributed by atoms with E-state index in [1.54, 1.807) is 6.20 Å². The zero-order valence-electron chi connectivity index (χ0n) is 4.61. The molecule has 2 nitrogen and oxygen atoms in total. The molecule has 0 aliphatic carbocycles. The van der Waals surface area contributed by atoms with E-state index in [1.807, 2.05) is 0 Å². The molecular weight excluding hydrogens is 168 g/mol. The molecule has 8 heavy (non-hydrogen) atoms. The van der Waals surface area contributed by atoms with Crippen LogP contribution in [-0.4, -0.2) is 9.97 Å². The number of aromatic amines is 1. The van der Waals surface area contributed by atoms with E-state index in [1.165, 1.54) is 0 Å². The van der Waals surface area contributed by atoms with E-state index < -0.39 is 0 Å². The van der Waals surface area contributed by atoms with Crippen molar-refractivity contribution < 1.29 is 0 Å². The van der Waals surface area contributed by atoms with Crippen LogP contribution in [0.25, 0.3) is 0 Å². The Labute approximate surface area is 56.5 Å². The van der Waals surface area contributed by atoms with Gasteiger partial charge in [-0.1, -0.05) is 6.92 Å². The Morgan fingerprint density at radius 3 is 2.88 bits per heavy atom. The molecular formula is C5H7BrN2. The molecule has 0 saturated heterocycles. The summed E-state index contributed by atoms with van der Waals surface area (Å²) >= 11 is 3.25. The van der Waals surface area contributed by atoms with Crippen molar-refractivity contribution in [2.24, 2.45) is 0 Å². The fraction of sp³-hybridized carbons (Fsp3) is 0.400. The molecule has 0 atom stereocenters. The fourth-order valence-electron chi connectivity index (χ4n) is 0.517. The van der Waals surface area contributed by atoms with E-state index in [4.69, 9.17) is 0 Å². The van der Waals surface area contributed by atoms with Gasteiger partial charge in [0.25, 0.3) is 0 Å². The Morgan fingerprint density at radius 1 is 1.88 bits per heavy atom. The second-order valence-electron chi connectivity index (χ2n) is 1.53. The van der Waals surface area contributed by atoms with Gasteiger partial charge in [0.15, 0.2) is 0 Å². The maximum atomic E-state index is 4.03. The van der Waals surface area contributed by atoms with E-state index >= 15 is 0 Å². The van der Waals surface area contributed by atoms with Crippen LogP contribution in [-0.2, 0) is 6.42 Å². The predicted octanol–water partition coefficient (Wildman–Crippen LogP) is 1.73. The average molecular weight is 175 g/mol. The normalized spacial score (nSPS) is 9.75. The summed E-state index contributed by atoms with van der Waals surface area (Å²) in [7, 11) is 0. The second-order valence-corrected chi connectivity index (χ2v) is 2.39. The molecule has 0 saturated carbocycles. The van der Waals surface area contributed by atoms with Crippen LogP contribution in [0.2, 0.25) is 0 Å². The fourth-order valence-corrected chi connectivity index (χ4v) is 0.848. The quantitative estimate of drug-likeness (QED) is 0.691. The highest BCUT2D eigenvalue weighted by atomic mass is 79.9. The van der Waals surface area contributed by atoms with Gasteiger partial charge in [0.1, 0.15) is 10.4 Å². The van der Waals surface area contributed by atoms with E-state index in [9.17, 15) is 0 Å². The molecule has 1 N–H and O–H groups in total. The monoisotopic (exact) mass is 174 g/mol.